The Morgan fingerprint density at radius 1 is 1.10 bits per heavy atom. The first kappa shape index (κ1) is 21.5. The van der Waals surface area contributed by atoms with Gasteiger partial charge in [0.2, 0.25) is 0 Å². The van der Waals surface area contributed by atoms with Gasteiger partial charge in [0, 0.05) is 23.5 Å². The minimum atomic E-state index is -4.62. The normalized spacial score (nSPS) is 13.3. The predicted octanol–water partition coefficient (Wildman–Crippen LogP) is 4.62. The largest absolute Gasteiger partial charge is 0.483 e. The van der Waals surface area contributed by atoms with E-state index in [2.05, 4.69) is 4.98 Å². The van der Waals surface area contributed by atoms with E-state index in [1.54, 1.807) is 18.2 Å². The lowest BCUT2D eigenvalue weighted by Gasteiger charge is -2.16. The van der Waals surface area contributed by atoms with Crippen LogP contribution in [0.2, 0.25) is 0 Å². The number of alkyl halides is 6. The molecule has 1 aromatic carbocycles. The molecule has 1 N–H and O–H groups in total. The number of fused-ring (bicyclic) bond motifs is 1. The molecular formula is C19H15F6N3O2. The number of ether oxygens (including phenoxy) is 1. The molecule has 30 heavy (non-hydrogen) atoms. The molecule has 1 amide bonds. The SMILES string of the molecule is C[C@H](NC(=O)c1cn2cccc(-c3ccccc3OCC(F)(F)F)c2n1)C(F)(F)F. The highest BCUT2D eigenvalue weighted by Gasteiger charge is 2.37. The van der Waals surface area contributed by atoms with E-state index in [0.717, 1.165) is 6.92 Å². The van der Waals surface area contributed by atoms with Crippen molar-refractivity contribution in [1.29, 1.82) is 0 Å². The highest BCUT2D eigenvalue weighted by atomic mass is 19.4. The van der Waals surface area contributed by atoms with Gasteiger partial charge in [0.1, 0.15) is 23.1 Å². The molecule has 0 unspecified atom stereocenters. The molecule has 0 aliphatic rings. The van der Waals surface area contributed by atoms with E-state index in [-0.39, 0.29) is 22.7 Å². The summed E-state index contributed by atoms with van der Waals surface area (Å²) < 4.78 is 81.9. The highest BCUT2D eigenvalue weighted by Crippen LogP contribution is 2.33. The van der Waals surface area contributed by atoms with Gasteiger partial charge in [-0.1, -0.05) is 18.2 Å². The van der Waals surface area contributed by atoms with Crippen molar-refractivity contribution < 1.29 is 35.9 Å². The van der Waals surface area contributed by atoms with Crippen molar-refractivity contribution in [2.45, 2.75) is 25.3 Å². The van der Waals surface area contributed by atoms with E-state index in [1.807, 2.05) is 5.32 Å². The third-order valence-corrected chi connectivity index (χ3v) is 4.12. The van der Waals surface area contributed by atoms with Gasteiger partial charge in [0.05, 0.1) is 0 Å². The third-order valence-electron chi connectivity index (χ3n) is 4.12. The lowest BCUT2D eigenvalue weighted by Crippen LogP contribution is -2.43. The van der Waals surface area contributed by atoms with Crippen LogP contribution in [0, 0.1) is 0 Å². The van der Waals surface area contributed by atoms with Gasteiger partial charge in [0.25, 0.3) is 5.91 Å². The van der Waals surface area contributed by atoms with Crippen molar-refractivity contribution in [3.63, 3.8) is 0 Å². The first-order valence-corrected chi connectivity index (χ1v) is 8.60. The zero-order chi connectivity index (χ0) is 22.1. The number of nitrogens with zero attached hydrogens (tertiary/aromatic N) is 2. The maximum absolute atomic E-state index is 12.7. The summed E-state index contributed by atoms with van der Waals surface area (Å²) in [7, 11) is 0. The second-order valence-electron chi connectivity index (χ2n) is 6.42. The molecule has 0 fully saturated rings. The summed E-state index contributed by atoms with van der Waals surface area (Å²) >= 11 is 0. The molecule has 0 radical (unpaired) electrons. The number of pyridine rings is 1. The summed E-state index contributed by atoms with van der Waals surface area (Å²) in [5, 5.41) is 1.82. The van der Waals surface area contributed by atoms with Crippen LogP contribution in [0.5, 0.6) is 5.75 Å². The van der Waals surface area contributed by atoms with Gasteiger partial charge >= 0.3 is 12.4 Å². The summed E-state index contributed by atoms with van der Waals surface area (Å²) in [5.41, 5.74) is 0.532. The van der Waals surface area contributed by atoms with Gasteiger partial charge in [-0.25, -0.2) is 4.98 Å². The number of rotatable bonds is 5. The van der Waals surface area contributed by atoms with E-state index < -0.39 is 30.9 Å². The Labute approximate surface area is 166 Å². The van der Waals surface area contributed by atoms with Gasteiger partial charge in [-0.2, -0.15) is 26.3 Å². The number of nitrogens with one attached hydrogen (secondary N) is 1. The van der Waals surface area contributed by atoms with E-state index in [4.69, 9.17) is 4.74 Å². The minimum absolute atomic E-state index is 0.0531. The number of carbonyl (C=O) groups is 1. The van der Waals surface area contributed by atoms with Crippen LogP contribution in [-0.4, -0.2) is 40.3 Å². The van der Waals surface area contributed by atoms with E-state index in [0.29, 0.717) is 5.56 Å². The number of halogens is 6. The Bertz CT molecular complexity index is 1060. The number of hydrogen-bond donors (Lipinski definition) is 1. The number of benzene rings is 1. The molecule has 0 spiro atoms. The van der Waals surface area contributed by atoms with E-state index in [9.17, 15) is 31.1 Å². The van der Waals surface area contributed by atoms with Crippen LogP contribution in [0.3, 0.4) is 0 Å². The highest BCUT2D eigenvalue weighted by molar-refractivity contribution is 5.94. The molecule has 1 atom stereocenters. The Kier molecular flexibility index (Phi) is 5.64. The summed E-state index contributed by atoms with van der Waals surface area (Å²) in [6.45, 7) is -0.697. The van der Waals surface area contributed by atoms with Crippen LogP contribution in [0.4, 0.5) is 26.3 Å². The fraction of sp³-hybridized carbons (Fsp3) is 0.263. The van der Waals surface area contributed by atoms with Gasteiger partial charge < -0.3 is 14.5 Å². The summed E-state index contributed by atoms with van der Waals surface area (Å²) in [5.74, 6) is -1.08. The Morgan fingerprint density at radius 2 is 1.77 bits per heavy atom. The third kappa shape index (κ3) is 4.84. The first-order valence-electron chi connectivity index (χ1n) is 8.60. The quantitative estimate of drug-likeness (QED) is 0.600. The Hall–Kier alpha value is -3.24. The summed E-state index contributed by atoms with van der Waals surface area (Å²) in [6.07, 6.45) is -6.41. The number of imidazole rings is 1. The number of carbonyl (C=O) groups excluding carboxylic acids is 1. The predicted molar refractivity (Wildman–Crippen MR) is 95.2 cm³/mol. The van der Waals surface area contributed by atoms with Crippen LogP contribution < -0.4 is 10.1 Å². The maximum Gasteiger partial charge on any atom is 0.422 e. The van der Waals surface area contributed by atoms with Crippen molar-refractivity contribution in [3.8, 4) is 16.9 Å². The molecule has 0 saturated carbocycles. The molecule has 5 nitrogen and oxygen atoms in total. The molecular weight excluding hydrogens is 416 g/mol. The van der Waals surface area contributed by atoms with Gasteiger partial charge in [-0.3, -0.25) is 4.79 Å². The van der Waals surface area contributed by atoms with Crippen molar-refractivity contribution >= 4 is 11.6 Å². The molecule has 0 aliphatic carbocycles. The lowest BCUT2D eigenvalue weighted by atomic mass is 10.1. The fourth-order valence-corrected chi connectivity index (χ4v) is 2.66. The van der Waals surface area contributed by atoms with Crippen LogP contribution >= 0.6 is 0 Å². The van der Waals surface area contributed by atoms with Crippen LogP contribution in [-0.2, 0) is 0 Å². The first-order chi connectivity index (χ1) is 14.0. The molecule has 3 rings (SSSR count). The van der Waals surface area contributed by atoms with E-state index in [1.165, 1.54) is 35.0 Å². The zero-order valence-electron chi connectivity index (χ0n) is 15.4. The standard InChI is InChI=1S/C19H15F6N3O2/c1-11(19(23,24)25)26-17(29)14-9-28-8-4-6-13(16(28)27-14)12-5-2-3-7-15(12)30-10-18(20,21)22/h2-9,11H,10H2,1H3,(H,26,29)/t11-/m0/s1. The average Bonchev–Trinajstić information content (AvgIpc) is 3.10. The van der Waals surface area contributed by atoms with Crippen molar-refractivity contribution in [2.75, 3.05) is 6.61 Å². The molecule has 0 bridgehead atoms. The number of para-hydroxylation sites is 1. The molecule has 2 heterocycles. The molecule has 160 valence electrons. The fourth-order valence-electron chi connectivity index (χ4n) is 2.66. The van der Waals surface area contributed by atoms with Crippen molar-refractivity contribution in [2.24, 2.45) is 0 Å². The maximum atomic E-state index is 12.7. The smallest absolute Gasteiger partial charge is 0.422 e. The van der Waals surface area contributed by atoms with Crippen molar-refractivity contribution in [3.05, 3.63) is 54.5 Å². The summed E-state index contributed by atoms with van der Waals surface area (Å²) in [4.78, 5) is 16.2. The minimum Gasteiger partial charge on any atom is -0.483 e. The topological polar surface area (TPSA) is 55.6 Å². The van der Waals surface area contributed by atoms with Crippen molar-refractivity contribution in [1.82, 2.24) is 14.7 Å². The van der Waals surface area contributed by atoms with Gasteiger partial charge in [0.15, 0.2) is 6.61 Å². The van der Waals surface area contributed by atoms with Crippen LogP contribution in [0.1, 0.15) is 17.4 Å². The number of hydrogen-bond acceptors (Lipinski definition) is 3. The Morgan fingerprint density at radius 3 is 2.43 bits per heavy atom. The molecule has 2 aromatic heterocycles. The second kappa shape index (κ2) is 7.88. The zero-order valence-corrected chi connectivity index (χ0v) is 15.4. The number of aromatic nitrogens is 2. The monoisotopic (exact) mass is 431 g/mol. The van der Waals surface area contributed by atoms with Crippen LogP contribution in [0.25, 0.3) is 16.8 Å². The van der Waals surface area contributed by atoms with Gasteiger partial charge in [-0.05, 0) is 25.1 Å². The molecule has 0 aliphatic heterocycles. The molecule has 0 saturated heterocycles. The molecule has 11 heteroatoms. The number of amides is 1. The second-order valence-corrected chi connectivity index (χ2v) is 6.42. The van der Waals surface area contributed by atoms with Gasteiger partial charge in [-0.15, -0.1) is 0 Å². The van der Waals surface area contributed by atoms with Crippen LogP contribution in [0.15, 0.2) is 48.8 Å². The van der Waals surface area contributed by atoms with E-state index >= 15 is 0 Å². The molecule has 3 aromatic rings. The average molecular weight is 431 g/mol. The summed E-state index contributed by atoms with van der Waals surface area (Å²) in [6, 6.07) is 6.99. The Balaban J connectivity index is 1.97. The lowest BCUT2D eigenvalue weighted by molar-refractivity contribution is -0.153.